The first-order valence-corrected chi connectivity index (χ1v) is 6.98. The zero-order valence-electron chi connectivity index (χ0n) is 11.0. The van der Waals surface area contributed by atoms with Gasteiger partial charge in [-0.15, -0.1) is 10.2 Å². The smallest absolute Gasteiger partial charge is 0.191 e. The number of hydrogen-bond acceptors (Lipinski definition) is 5. The minimum Gasteiger partial charge on any atom is -0.497 e. The maximum atomic E-state index is 9.04. The predicted molar refractivity (Wildman–Crippen MR) is 74.3 cm³/mol. The lowest BCUT2D eigenvalue weighted by Gasteiger charge is -2.04. The number of rotatable bonds is 6. The lowest BCUT2D eigenvalue weighted by atomic mass is 10.2. The molecule has 0 aliphatic rings. The van der Waals surface area contributed by atoms with Crippen molar-refractivity contribution in [2.24, 2.45) is 7.05 Å². The maximum Gasteiger partial charge on any atom is 0.191 e. The van der Waals surface area contributed by atoms with Crippen LogP contribution in [0.4, 0.5) is 0 Å². The van der Waals surface area contributed by atoms with Gasteiger partial charge in [-0.05, 0) is 24.1 Å². The number of ether oxygens (including phenoxy) is 1. The Balaban J connectivity index is 1.87. The Morgan fingerprint density at radius 3 is 2.58 bits per heavy atom. The fraction of sp³-hybridized carbons (Fsp3) is 0.385. The third kappa shape index (κ3) is 3.48. The lowest BCUT2D eigenvalue weighted by Crippen LogP contribution is -1.99. The average molecular weight is 279 g/mol. The normalized spacial score (nSPS) is 10.7. The van der Waals surface area contributed by atoms with Gasteiger partial charge in [-0.2, -0.15) is 0 Å². The van der Waals surface area contributed by atoms with Crippen molar-refractivity contribution >= 4 is 11.8 Å². The Morgan fingerprint density at radius 2 is 2.00 bits per heavy atom. The molecule has 2 rings (SSSR count). The molecule has 0 atom stereocenters. The first-order chi connectivity index (χ1) is 9.24. The Kier molecular flexibility index (Phi) is 4.81. The Labute approximate surface area is 116 Å². The van der Waals surface area contributed by atoms with Crippen LogP contribution < -0.4 is 4.74 Å². The Morgan fingerprint density at radius 1 is 1.26 bits per heavy atom. The molecule has 0 aliphatic carbocycles. The highest BCUT2D eigenvalue weighted by atomic mass is 32.2. The van der Waals surface area contributed by atoms with Crippen molar-refractivity contribution in [3.8, 4) is 5.75 Å². The molecule has 0 bridgehead atoms. The van der Waals surface area contributed by atoms with Crippen LogP contribution in [0.3, 0.4) is 0 Å². The molecule has 0 spiro atoms. The zero-order chi connectivity index (χ0) is 13.7. The molecule has 0 amide bonds. The van der Waals surface area contributed by atoms with Crippen molar-refractivity contribution in [2.45, 2.75) is 18.2 Å². The van der Waals surface area contributed by atoms with E-state index < -0.39 is 0 Å². The van der Waals surface area contributed by atoms with Crippen molar-refractivity contribution in [1.29, 1.82) is 0 Å². The first-order valence-electron chi connectivity index (χ1n) is 5.99. The molecule has 1 aromatic heterocycles. The van der Waals surface area contributed by atoms with E-state index in [1.165, 1.54) is 5.56 Å². The number of aryl methyl sites for hydroxylation is 1. The minimum absolute atomic E-state index is 0.0808. The number of thioether (sulfide) groups is 1. The van der Waals surface area contributed by atoms with Gasteiger partial charge in [-0.1, -0.05) is 23.9 Å². The highest BCUT2D eigenvalue weighted by molar-refractivity contribution is 7.99. The van der Waals surface area contributed by atoms with Gasteiger partial charge in [0.25, 0.3) is 0 Å². The van der Waals surface area contributed by atoms with E-state index in [2.05, 4.69) is 22.3 Å². The molecule has 0 saturated heterocycles. The van der Waals surface area contributed by atoms with E-state index in [9.17, 15) is 0 Å². The zero-order valence-corrected chi connectivity index (χ0v) is 11.9. The quantitative estimate of drug-likeness (QED) is 0.815. The monoisotopic (exact) mass is 279 g/mol. The van der Waals surface area contributed by atoms with Crippen molar-refractivity contribution in [3.63, 3.8) is 0 Å². The predicted octanol–water partition coefficient (Wildman–Crippen LogP) is 1.65. The summed E-state index contributed by atoms with van der Waals surface area (Å²) < 4.78 is 6.94. The molecule has 1 heterocycles. The van der Waals surface area contributed by atoms with E-state index in [0.717, 1.165) is 23.1 Å². The van der Waals surface area contributed by atoms with Crippen LogP contribution in [0.1, 0.15) is 11.4 Å². The largest absolute Gasteiger partial charge is 0.497 e. The molecule has 0 saturated carbocycles. The minimum atomic E-state index is -0.0808. The van der Waals surface area contributed by atoms with Gasteiger partial charge in [-0.25, -0.2) is 0 Å². The molecule has 19 heavy (non-hydrogen) atoms. The van der Waals surface area contributed by atoms with E-state index in [0.29, 0.717) is 5.82 Å². The number of aromatic nitrogens is 3. The summed E-state index contributed by atoms with van der Waals surface area (Å²) in [6, 6.07) is 8.06. The van der Waals surface area contributed by atoms with Crippen molar-refractivity contribution in [1.82, 2.24) is 14.8 Å². The molecule has 0 unspecified atom stereocenters. The Bertz CT molecular complexity index is 525. The standard InChI is InChI=1S/C13H17N3O2S/c1-16-12(9-17)14-15-13(16)19-8-7-10-3-5-11(18-2)6-4-10/h3-6,17H,7-9H2,1-2H3. The molecule has 5 nitrogen and oxygen atoms in total. The van der Waals surface area contributed by atoms with Gasteiger partial charge in [-0.3, -0.25) is 0 Å². The van der Waals surface area contributed by atoms with Gasteiger partial charge in [0.1, 0.15) is 12.4 Å². The van der Waals surface area contributed by atoms with Gasteiger partial charge in [0.15, 0.2) is 11.0 Å². The summed E-state index contributed by atoms with van der Waals surface area (Å²) in [7, 11) is 3.53. The highest BCUT2D eigenvalue weighted by Gasteiger charge is 2.07. The number of methoxy groups -OCH3 is 1. The molecule has 1 aromatic carbocycles. The van der Waals surface area contributed by atoms with Crippen molar-refractivity contribution < 1.29 is 9.84 Å². The fourth-order valence-corrected chi connectivity index (χ4v) is 2.58. The number of nitrogens with zero attached hydrogens (tertiary/aromatic N) is 3. The molecule has 102 valence electrons. The summed E-state index contributed by atoms with van der Waals surface area (Å²) in [6.45, 7) is -0.0808. The summed E-state index contributed by atoms with van der Waals surface area (Å²) in [5.74, 6) is 2.38. The summed E-state index contributed by atoms with van der Waals surface area (Å²) in [6.07, 6.45) is 0.954. The molecule has 0 radical (unpaired) electrons. The molecule has 2 aromatic rings. The molecular formula is C13H17N3O2S. The van der Waals surface area contributed by atoms with Crippen molar-refractivity contribution in [3.05, 3.63) is 35.7 Å². The van der Waals surface area contributed by atoms with Crippen LogP contribution in [0.5, 0.6) is 5.75 Å². The number of aliphatic hydroxyl groups is 1. The van der Waals surface area contributed by atoms with E-state index in [1.54, 1.807) is 18.9 Å². The number of benzene rings is 1. The third-order valence-corrected chi connectivity index (χ3v) is 3.87. The maximum absolute atomic E-state index is 9.04. The van der Waals surface area contributed by atoms with Crippen LogP contribution in [0.2, 0.25) is 0 Å². The third-order valence-electron chi connectivity index (χ3n) is 2.85. The van der Waals surface area contributed by atoms with E-state index in [4.69, 9.17) is 9.84 Å². The van der Waals surface area contributed by atoms with Gasteiger partial charge in [0.05, 0.1) is 7.11 Å². The summed E-state index contributed by atoms with van der Waals surface area (Å²) in [4.78, 5) is 0. The summed E-state index contributed by atoms with van der Waals surface area (Å²) in [5.41, 5.74) is 1.26. The van der Waals surface area contributed by atoms with Crippen molar-refractivity contribution in [2.75, 3.05) is 12.9 Å². The van der Waals surface area contributed by atoms with Gasteiger partial charge in [0.2, 0.25) is 0 Å². The van der Waals surface area contributed by atoms with Crippen LogP contribution in [-0.4, -0.2) is 32.7 Å². The Hall–Kier alpha value is -1.53. The van der Waals surface area contributed by atoms with Crippen LogP contribution in [0.25, 0.3) is 0 Å². The topological polar surface area (TPSA) is 60.2 Å². The summed E-state index contributed by atoms with van der Waals surface area (Å²) in [5, 5.41) is 17.8. The highest BCUT2D eigenvalue weighted by Crippen LogP contribution is 2.18. The second-order valence-electron chi connectivity index (χ2n) is 4.06. The second-order valence-corrected chi connectivity index (χ2v) is 5.12. The number of hydrogen-bond donors (Lipinski definition) is 1. The van der Waals surface area contributed by atoms with Crippen LogP contribution in [0.15, 0.2) is 29.4 Å². The van der Waals surface area contributed by atoms with Crippen LogP contribution >= 0.6 is 11.8 Å². The fourth-order valence-electron chi connectivity index (χ4n) is 1.66. The first kappa shape index (κ1) is 13.9. The molecule has 0 fully saturated rings. The average Bonchev–Trinajstić information content (AvgIpc) is 2.80. The van der Waals surface area contributed by atoms with Gasteiger partial charge >= 0.3 is 0 Å². The SMILES string of the molecule is COc1ccc(CCSc2nnc(CO)n2C)cc1. The van der Waals surface area contributed by atoms with Gasteiger partial charge in [0, 0.05) is 12.8 Å². The van der Waals surface area contributed by atoms with E-state index >= 15 is 0 Å². The van der Waals surface area contributed by atoms with Crippen LogP contribution in [-0.2, 0) is 20.1 Å². The lowest BCUT2D eigenvalue weighted by molar-refractivity contribution is 0.266. The molecule has 6 heteroatoms. The van der Waals surface area contributed by atoms with E-state index in [1.807, 2.05) is 23.7 Å². The second kappa shape index (κ2) is 6.58. The molecule has 1 N–H and O–H groups in total. The molecular weight excluding hydrogens is 262 g/mol. The molecule has 0 aliphatic heterocycles. The number of aliphatic hydroxyl groups excluding tert-OH is 1. The van der Waals surface area contributed by atoms with E-state index in [-0.39, 0.29) is 6.61 Å². The van der Waals surface area contributed by atoms with Gasteiger partial charge < -0.3 is 14.4 Å². The van der Waals surface area contributed by atoms with Crippen LogP contribution in [0, 0.1) is 0 Å². The summed E-state index contributed by atoms with van der Waals surface area (Å²) >= 11 is 1.64.